The summed E-state index contributed by atoms with van der Waals surface area (Å²) in [4.78, 5) is 4.76. The van der Waals surface area contributed by atoms with Gasteiger partial charge in [0.1, 0.15) is 0 Å². The highest BCUT2D eigenvalue weighted by molar-refractivity contribution is 6.61. The average molecular weight is 309 g/mol. The molecule has 1 aliphatic rings. The Kier molecular flexibility index (Phi) is 4.07. The van der Waals surface area contributed by atoms with Crippen LogP contribution < -0.4 is 5.59 Å². The van der Waals surface area contributed by atoms with Gasteiger partial charge in [0, 0.05) is 5.56 Å². The molecule has 0 radical (unpaired) electrons. The van der Waals surface area contributed by atoms with Crippen LogP contribution in [-0.4, -0.2) is 23.3 Å². The smallest absolute Gasteiger partial charge is 0.398 e. The van der Waals surface area contributed by atoms with Gasteiger partial charge in [0.25, 0.3) is 0 Å². The largest absolute Gasteiger partial charge is 0.514 e. The van der Waals surface area contributed by atoms with Crippen molar-refractivity contribution in [3.63, 3.8) is 0 Å². The van der Waals surface area contributed by atoms with Crippen LogP contribution in [0.1, 0.15) is 40.2 Å². The minimum absolute atomic E-state index is 0.349. The number of hydrogen-bond acceptors (Lipinski definition) is 3. The molecule has 1 saturated heterocycles. The van der Waals surface area contributed by atoms with Crippen LogP contribution in [0.15, 0.2) is 42.5 Å². The Morgan fingerprint density at radius 3 is 2.09 bits per heavy atom. The number of rotatable bonds is 3. The van der Waals surface area contributed by atoms with E-state index >= 15 is 0 Å². The fourth-order valence-corrected chi connectivity index (χ4v) is 2.62. The lowest BCUT2D eigenvalue weighted by Crippen LogP contribution is -2.41. The zero-order valence-corrected chi connectivity index (χ0v) is 14.6. The highest BCUT2D eigenvalue weighted by Gasteiger charge is 2.52. The Bertz CT molecular complexity index is 679. The van der Waals surface area contributed by atoms with Crippen LogP contribution in [0.2, 0.25) is 0 Å². The number of benzene rings is 1. The van der Waals surface area contributed by atoms with E-state index in [1.807, 2.05) is 18.2 Å². The lowest BCUT2D eigenvalue weighted by Gasteiger charge is -2.32. The zero-order chi connectivity index (χ0) is 16.7. The summed E-state index contributed by atoms with van der Waals surface area (Å²) in [6, 6.07) is 14.5. The summed E-state index contributed by atoms with van der Waals surface area (Å²) in [5, 5.41) is 0. The second-order valence-corrected chi connectivity index (χ2v) is 7.09. The molecule has 0 amide bonds. The molecule has 0 unspecified atom stereocenters. The number of pyridine rings is 1. The molecule has 1 aromatic heterocycles. The topological polar surface area (TPSA) is 31.4 Å². The van der Waals surface area contributed by atoms with Gasteiger partial charge in [-0.1, -0.05) is 37.3 Å². The molecular formula is C19H24BNO2. The van der Waals surface area contributed by atoms with Crippen molar-refractivity contribution in [3.05, 3.63) is 48.0 Å². The zero-order valence-electron chi connectivity index (χ0n) is 14.6. The number of nitrogens with zero attached hydrogens (tertiary/aromatic N) is 1. The summed E-state index contributed by atoms with van der Waals surface area (Å²) < 4.78 is 12.2. The van der Waals surface area contributed by atoms with Crippen LogP contribution in [0, 0.1) is 0 Å². The molecule has 1 aliphatic heterocycles. The molecular weight excluding hydrogens is 285 g/mol. The average Bonchev–Trinajstić information content (AvgIpc) is 2.76. The fourth-order valence-electron chi connectivity index (χ4n) is 2.62. The second-order valence-electron chi connectivity index (χ2n) is 7.09. The first kappa shape index (κ1) is 16.2. The third-order valence-corrected chi connectivity index (χ3v) is 4.92. The summed E-state index contributed by atoms with van der Waals surface area (Å²) in [7, 11) is -0.421. The van der Waals surface area contributed by atoms with Gasteiger partial charge in [-0.25, -0.2) is 0 Å². The van der Waals surface area contributed by atoms with Crippen molar-refractivity contribution in [1.82, 2.24) is 4.98 Å². The maximum atomic E-state index is 6.09. The Hall–Kier alpha value is -1.65. The van der Waals surface area contributed by atoms with Gasteiger partial charge in [0.2, 0.25) is 0 Å². The molecule has 0 atom stereocenters. The Morgan fingerprint density at radius 2 is 1.52 bits per heavy atom. The standard InChI is InChI=1S/C19H24BNO2/c1-6-14-10-12-15(13-11-14)16-8-7-9-17(21-16)20-22-18(2,3)19(4,5)23-20/h7-13H,6H2,1-5H3. The summed E-state index contributed by atoms with van der Waals surface area (Å²) in [5.41, 5.74) is 3.51. The van der Waals surface area contributed by atoms with Gasteiger partial charge in [-0.3, -0.25) is 4.98 Å². The van der Waals surface area contributed by atoms with E-state index in [2.05, 4.69) is 58.9 Å². The van der Waals surface area contributed by atoms with Crippen molar-refractivity contribution in [3.8, 4) is 11.3 Å². The molecule has 0 aliphatic carbocycles. The predicted octanol–water partition coefficient (Wildman–Crippen LogP) is 3.61. The molecule has 0 N–H and O–H groups in total. The fraction of sp³-hybridized carbons (Fsp3) is 0.421. The molecule has 0 spiro atoms. The third-order valence-electron chi connectivity index (χ3n) is 4.92. The van der Waals surface area contributed by atoms with Crippen LogP contribution in [0.3, 0.4) is 0 Å². The lowest BCUT2D eigenvalue weighted by molar-refractivity contribution is 0.00578. The van der Waals surface area contributed by atoms with Gasteiger partial charge in [-0.15, -0.1) is 0 Å². The van der Waals surface area contributed by atoms with Crippen LogP contribution in [0.5, 0.6) is 0 Å². The van der Waals surface area contributed by atoms with E-state index in [1.165, 1.54) is 5.56 Å². The third kappa shape index (κ3) is 3.06. The van der Waals surface area contributed by atoms with Crippen LogP contribution >= 0.6 is 0 Å². The molecule has 120 valence electrons. The first-order chi connectivity index (χ1) is 10.8. The van der Waals surface area contributed by atoms with E-state index in [4.69, 9.17) is 14.3 Å². The van der Waals surface area contributed by atoms with Gasteiger partial charge < -0.3 is 9.31 Å². The van der Waals surface area contributed by atoms with Crippen LogP contribution in [0.25, 0.3) is 11.3 Å². The Labute approximate surface area is 139 Å². The monoisotopic (exact) mass is 309 g/mol. The Balaban J connectivity index is 1.88. The SMILES string of the molecule is CCc1ccc(-c2cccc(B3OC(C)(C)C(C)(C)O3)n2)cc1. The van der Waals surface area contributed by atoms with Crippen molar-refractivity contribution < 1.29 is 9.31 Å². The molecule has 2 heterocycles. The van der Waals surface area contributed by atoms with E-state index in [1.54, 1.807) is 0 Å². The van der Waals surface area contributed by atoms with E-state index in [9.17, 15) is 0 Å². The summed E-state index contributed by atoms with van der Waals surface area (Å²) in [6.45, 7) is 10.4. The summed E-state index contributed by atoms with van der Waals surface area (Å²) >= 11 is 0. The summed E-state index contributed by atoms with van der Waals surface area (Å²) in [5.74, 6) is 0. The molecule has 4 heteroatoms. The van der Waals surface area contributed by atoms with Crippen molar-refractivity contribution in [1.29, 1.82) is 0 Å². The van der Waals surface area contributed by atoms with Crippen molar-refractivity contribution in [2.45, 2.75) is 52.2 Å². The van der Waals surface area contributed by atoms with Gasteiger partial charge >= 0.3 is 7.12 Å². The van der Waals surface area contributed by atoms with Crippen molar-refractivity contribution in [2.24, 2.45) is 0 Å². The number of aromatic nitrogens is 1. The molecule has 23 heavy (non-hydrogen) atoms. The highest BCUT2D eigenvalue weighted by atomic mass is 16.7. The van der Waals surface area contributed by atoms with Gasteiger partial charge in [0.05, 0.1) is 22.5 Å². The van der Waals surface area contributed by atoms with E-state index in [0.29, 0.717) is 0 Å². The van der Waals surface area contributed by atoms with Crippen molar-refractivity contribution >= 4 is 12.7 Å². The maximum Gasteiger partial charge on any atom is 0.514 e. The molecule has 1 fully saturated rings. The lowest BCUT2D eigenvalue weighted by atomic mass is 9.84. The van der Waals surface area contributed by atoms with E-state index in [0.717, 1.165) is 23.3 Å². The highest BCUT2D eigenvalue weighted by Crippen LogP contribution is 2.36. The predicted molar refractivity (Wildman–Crippen MR) is 94.8 cm³/mol. The molecule has 3 nitrogen and oxygen atoms in total. The Morgan fingerprint density at radius 1 is 0.913 bits per heavy atom. The minimum atomic E-state index is -0.421. The quantitative estimate of drug-likeness (QED) is 0.812. The molecule has 0 bridgehead atoms. The van der Waals surface area contributed by atoms with E-state index < -0.39 is 7.12 Å². The van der Waals surface area contributed by atoms with Gasteiger partial charge in [-0.05, 0) is 51.8 Å². The normalized spacial score (nSPS) is 19.1. The van der Waals surface area contributed by atoms with Crippen LogP contribution in [0.4, 0.5) is 0 Å². The van der Waals surface area contributed by atoms with E-state index in [-0.39, 0.29) is 11.2 Å². The van der Waals surface area contributed by atoms with Gasteiger partial charge in [0.15, 0.2) is 0 Å². The summed E-state index contributed by atoms with van der Waals surface area (Å²) in [6.07, 6.45) is 1.04. The van der Waals surface area contributed by atoms with Gasteiger partial charge in [-0.2, -0.15) is 0 Å². The van der Waals surface area contributed by atoms with Crippen molar-refractivity contribution in [2.75, 3.05) is 0 Å². The number of hydrogen-bond donors (Lipinski definition) is 0. The minimum Gasteiger partial charge on any atom is -0.398 e. The first-order valence-electron chi connectivity index (χ1n) is 8.24. The molecule has 3 rings (SSSR count). The van der Waals surface area contributed by atoms with Crippen LogP contribution in [-0.2, 0) is 15.7 Å². The number of aryl methyl sites for hydroxylation is 1. The molecule has 2 aromatic rings. The molecule has 1 aromatic carbocycles. The molecule has 0 saturated carbocycles. The second kappa shape index (κ2) is 5.77. The maximum absolute atomic E-state index is 6.09. The first-order valence-corrected chi connectivity index (χ1v) is 8.24.